The average Bonchev–Trinajstić information content (AvgIpc) is 2.36. The Kier molecular flexibility index (Phi) is 5.69. The van der Waals surface area contributed by atoms with Crippen LogP contribution < -0.4 is 11.1 Å². The molecule has 1 unspecified atom stereocenters. The molecule has 0 spiro atoms. The summed E-state index contributed by atoms with van der Waals surface area (Å²) >= 11 is 0. The van der Waals surface area contributed by atoms with Crippen molar-refractivity contribution in [3.8, 4) is 0 Å². The second kappa shape index (κ2) is 6.84. The van der Waals surface area contributed by atoms with Gasteiger partial charge in [-0.3, -0.25) is 4.79 Å². The molecule has 1 amide bonds. The molecule has 0 heterocycles. The van der Waals surface area contributed by atoms with E-state index in [0.717, 1.165) is 12.0 Å². The second-order valence-corrected chi connectivity index (χ2v) is 6.50. The number of rotatable bonds is 5. The second-order valence-electron chi connectivity index (χ2n) is 6.50. The van der Waals surface area contributed by atoms with E-state index in [1.165, 1.54) is 6.07 Å². The monoisotopic (exact) mass is 280 g/mol. The fourth-order valence-corrected chi connectivity index (χ4v) is 2.10. The van der Waals surface area contributed by atoms with Crippen molar-refractivity contribution in [2.75, 3.05) is 6.54 Å². The summed E-state index contributed by atoms with van der Waals surface area (Å²) in [4.78, 5) is 12.1. The minimum Gasteiger partial charge on any atom is -0.352 e. The largest absolute Gasteiger partial charge is 0.352 e. The van der Waals surface area contributed by atoms with Crippen molar-refractivity contribution in [1.82, 2.24) is 5.32 Å². The Hall–Kier alpha value is -1.42. The summed E-state index contributed by atoms with van der Waals surface area (Å²) in [5, 5.41) is 2.83. The predicted molar refractivity (Wildman–Crippen MR) is 79.6 cm³/mol. The molecule has 0 saturated heterocycles. The van der Waals surface area contributed by atoms with Gasteiger partial charge in [0.1, 0.15) is 5.82 Å². The molecule has 0 fully saturated rings. The van der Waals surface area contributed by atoms with E-state index >= 15 is 0 Å². The van der Waals surface area contributed by atoms with Crippen LogP contribution in [0.2, 0.25) is 0 Å². The third kappa shape index (κ3) is 5.29. The molecule has 1 aromatic rings. The fraction of sp³-hybridized carbons (Fsp3) is 0.562. The number of amides is 1. The van der Waals surface area contributed by atoms with Gasteiger partial charge in [-0.25, -0.2) is 4.39 Å². The molecule has 0 aliphatic rings. The Morgan fingerprint density at radius 2 is 2.05 bits per heavy atom. The van der Waals surface area contributed by atoms with Crippen LogP contribution in [0.5, 0.6) is 0 Å². The molecule has 0 radical (unpaired) electrons. The Balaban J connectivity index is 2.59. The summed E-state index contributed by atoms with van der Waals surface area (Å²) in [6, 6.07) is 4.99. The molecule has 0 aromatic heterocycles. The number of hydrogen-bond acceptors (Lipinski definition) is 2. The summed E-state index contributed by atoms with van der Waals surface area (Å²) in [5.41, 5.74) is 7.09. The number of hydrogen-bond donors (Lipinski definition) is 2. The molecule has 0 aliphatic heterocycles. The van der Waals surface area contributed by atoms with Crippen molar-refractivity contribution < 1.29 is 9.18 Å². The van der Waals surface area contributed by atoms with Gasteiger partial charge in [0.05, 0.1) is 5.92 Å². The molecule has 1 atom stereocenters. The van der Waals surface area contributed by atoms with Crippen LogP contribution >= 0.6 is 0 Å². The van der Waals surface area contributed by atoms with Crippen molar-refractivity contribution in [3.63, 3.8) is 0 Å². The molecule has 112 valence electrons. The number of nitrogens with two attached hydrogens (primary N) is 1. The molecule has 0 saturated carbocycles. The van der Waals surface area contributed by atoms with E-state index in [1.807, 2.05) is 6.07 Å². The fourth-order valence-electron chi connectivity index (χ4n) is 2.10. The first-order chi connectivity index (χ1) is 9.23. The predicted octanol–water partition coefficient (Wildman–Crippen LogP) is 2.76. The molecule has 1 rings (SSSR count). The van der Waals surface area contributed by atoms with Gasteiger partial charge >= 0.3 is 0 Å². The SMILES string of the molecule is Cc1ccc(CNC(=O)C(CN)CC(C)(C)C)cc1F. The first kappa shape index (κ1) is 16.6. The molecule has 3 nitrogen and oxygen atoms in total. The summed E-state index contributed by atoms with van der Waals surface area (Å²) in [6.07, 6.45) is 0.734. The summed E-state index contributed by atoms with van der Waals surface area (Å²) in [7, 11) is 0. The maximum Gasteiger partial charge on any atom is 0.224 e. The van der Waals surface area contributed by atoms with Crippen molar-refractivity contribution in [2.45, 2.75) is 40.7 Å². The topological polar surface area (TPSA) is 55.1 Å². The van der Waals surface area contributed by atoms with Crippen LogP contribution in [0.1, 0.15) is 38.3 Å². The van der Waals surface area contributed by atoms with Gasteiger partial charge in [0.15, 0.2) is 0 Å². The highest BCUT2D eigenvalue weighted by Crippen LogP contribution is 2.24. The van der Waals surface area contributed by atoms with E-state index in [0.29, 0.717) is 18.7 Å². The number of benzene rings is 1. The van der Waals surface area contributed by atoms with Gasteiger partial charge in [0, 0.05) is 13.1 Å². The van der Waals surface area contributed by atoms with Crippen molar-refractivity contribution in [3.05, 3.63) is 35.1 Å². The van der Waals surface area contributed by atoms with Crippen LogP contribution in [0, 0.1) is 24.1 Å². The lowest BCUT2D eigenvalue weighted by molar-refractivity contribution is -0.125. The Morgan fingerprint density at radius 1 is 1.40 bits per heavy atom. The number of nitrogens with one attached hydrogen (secondary N) is 1. The normalized spacial score (nSPS) is 13.1. The van der Waals surface area contributed by atoms with Gasteiger partial charge in [0.2, 0.25) is 5.91 Å². The molecular formula is C16H25FN2O. The Bertz CT molecular complexity index is 466. The van der Waals surface area contributed by atoms with Gasteiger partial charge in [-0.15, -0.1) is 0 Å². The zero-order chi connectivity index (χ0) is 15.3. The highest BCUT2D eigenvalue weighted by atomic mass is 19.1. The Morgan fingerprint density at radius 3 is 2.55 bits per heavy atom. The highest BCUT2D eigenvalue weighted by Gasteiger charge is 2.23. The summed E-state index contributed by atoms with van der Waals surface area (Å²) in [6.45, 7) is 8.61. The zero-order valence-electron chi connectivity index (χ0n) is 12.8. The zero-order valence-corrected chi connectivity index (χ0v) is 12.8. The molecule has 0 bridgehead atoms. The van der Waals surface area contributed by atoms with Crippen LogP contribution in [-0.4, -0.2) is 12.5 Å². The highest BCUT2D eigenvalue weighted by molar-refractivity contribution is 5.78. The molecule has 4 heteroatoms. The van der Waals surface area contributed by atoms with Gasteiger partial charge in [-0.1, -0.05) is 32.9 Å². The van der Waals surface area contributed by atoms with E-state index in [-0.39, 0.29) is 23.1 Å². The molecule has 3 N–H and O–H groups in total. The van der Waals surface area contributed by atoms with Gasteiger partial charge in [-0.2, -0.15) is 0 Å². The van der Waals surface area contributed by atoms with E-state index < -0.39 is 0 Å². The number of carbonyl (C=O) groups excluding carboxylic acids is 1. The first-order valence-electron chi connectivity index (χ1n) is 6.96. The lowest BCUT2D eigenvalue weighted by Crippen LogP contribution is -2.36. The van der Waals surface area contributed by atoms with Gasteiger partial charge in [-0.05, 0) is 36.0 Å². The van der Waals surface area contributed by atoms with E-state index in [9.17, 15) is 9.18 Å². The minimum atomic E-state index is -0.248. The van der Waals surface area contributed by atoms with Crippen LogP contribution in [-0.2, 0) is 11.3 Å². The molecule has 20 heavy (non-hydrogen) atoms. The van der Waals surface area contributed by atoms with Crippen LogP contribution in [0.4, 0.5) is 4.39 Å². The third-order valence-electron chi connectivity index (χ3n) is 3.22. The van der Waals surface area contributed by atoms with E-state index in [1.54, 1.807) is 13.0 Å². The van der Waals surface area contributed by atoms with E-state index in [2.05, 4.69) is 26.1 Å². The van der Waals surface area contributed by atoms with Crippen molar-refractivity contribution >= 4 is 5.91 Å². The molecular weight excluding hydrogens is 255 g/mol. The standard InChI is InChI=1S/C16H25FN2O/c1-11-5-6-12(7-14(11)17)10-19-15(20)13(9-18)8-16(2,3)4/h5-7,13H,8-10,18H2,1-4H3,(H,19,20). The molecule has 0 aliphatic carbocycles. The maximum absolute atomic E-state index is 13.4. The maximum atomic E-state index is 13.4. The number of aryl methyl sites for hydroxylation is 1. The van der Waals surface area contributed by atoms with Gasteiger partial charge < -0.3 is 11.1 Å². The summed E-state index contributed by atoms with van der Waals surface area (Å²) in [5.74, 6) is -0.518. The van der Waals surface area contributed by atoms with Crippen LogP contribution in [0.15, 0.2) is 18.2 Å². The van der Waals surface area contributed by atoms with Gasteiger partial charge in [0.25, 0.3) is 0 Å². The van der Waals surface area contributed by atoms with E-state index in [4.69, 9.17) is 5.73 Å². The van der Waals surface area contributed by atoms with Crippen molar-refractivity contribution in [1.29, 1.82) is 0 Å². The van der Waals surface area contributed by atoms with Crippen LogP contribution in [0.25, 0.3) is 0 Å². The number of halogens is 1. The van der Waals surface area contributed by atoms with Crippen LogP contribution in [0.3, 0.4) is 0 Å². The quantitative estimate of drug-likeness (QED) is 0.871. The third-order valence-corrected chi connectivity index (χ3v) is 3.22. The smallest absolute Gasteiger partial charge is 0.224 e. The average molecular weight is 280 g/mol. The lowest BCUT2D eigenvalue weighted by Gasteiger charge is -2.24. The minimum absolute atomic E-state index is 0.0529. The Labute approximate surface area is 120 Å². The number of carbonyl (C=O) groups is 1. The molecule has 1 aromatic carbocycles. The van der Waals surface area contributed by atoms with Crippen molar-refractivity contribution in [2.24, 2.45) is 17.1 Å². The first-order valence-corrected chi connectivity index (χ1v) is 6.96. The lowest BCUT2D eigenvalue weighted by atomic mass is 9.84. The summed E-state index contributed by atoms with van der Waals surface area (Å²) < 4.78 is 13.4.